The highest BCUT2D eigenvalue weighted by Gasteiger charge is 2.27. The van der Waals surface area contributed by atoms with Crippen LogP contribution in [0.25, 0.3) is 10.9 Å². The van der Waals surface area contributed by atoms with Crippen LogP contribution in [0.3, 0.4) is 0 Å². The fourth-order valence-electron chi connectivity index (χ4n) is 3.84. The number of nitrogens with one attached hydrogen (secondary N) is 1. The number of rotatable bonds is 5. The van der Waals surface area contributed by atoms with Gasteiger partial charge in [0.1, 0.15) is 5.75 Å². The molecule has 1 saturated heterocycles. The third-order valence-corrected chi connectivity index (χ3v) is 5.51. The predicted molar refractivity (Wildman–Crippen MR) is 109 cm³/mol. The number of aromatic nitrogens is 1. The van der Waals surface area contributed by atoms with Crippen LogP contribution in [-0.2, 0) is 0 Å². The molecule has 2 heterocycles. The lowest BCUT2D eigenvalue weighted by Gasteiger charge is -2.38. The maximum atomic E-state index is 13.1. The Bertz CT molecular complexity index is 941. The van der Waals surface area contributed by atoms with Crippen molar-refractivity contribution in [3.8, 4) is 5.75 Å². The third kappa shape index (κ3) is 3.43. The van der Waals surface area contributed by atoms with Gasteiger partial charge in [-0.1, -0.05) is 24.3 Å². The lowest BCUT2D eigenvalue weighted by atomic mass is 10.0. The van der Waals surface area contributed by atoms with E-state index < -0.39 is 0 Å². The zero-order valence-corrected chi connectivity index (χ0v) is 15.8. The molecule has 1 atom stereocenters. The summed E-state index contributed by atoms with van der Waals surface area (Å²) >= 11 is 0. The molecule has 0 spiro atoms. The first-order valence-corrected chi connectivity index (χ1v) is 9.41. The maximum absolute atomic E-state index is 13.1. The van der Waals surface area contributed by atoms with Crippen molar-refractivity contribution in [1.82, 2.24) is 9.88 Å². The molecule has 0 amide bonds. The summed E-state index contributed by atoms with van der Waals surface area (Å²) in [6.45, 7) is 5.56. The largest absolute Gasteiger partial charge is 0.497 e. The van der Waals surface area contributed by atoms with E-state index in [4.69, 9.17) is 4.74 Å². The van der Waals surface area contributed by atoms with Gasteiger partial charge in [0.2, 0.25) is 0 Å². The standard InChI is InChI=1S/C22H25N3O2/c1-16(22(26)20-15-23-21-9-4-3-8-19(20)21)24-10-12-25(13-11-24)17-6-5-7-18(14-17)27-2/h3-9,14-16,23H,10-13H2,1-2H3/t16-/m0/s1. The molecule has 0 aliphatic carbocycles. The van der Waals surface area contributed by atoms with E-state index in [1.165, 1.54) is 5.69 Å². The highest BCUT2D eigenvalue weighted by atomic mass is 16.5. The molecule has 5 heteroatoms. The molecule has 1 aliphatic rings. The van der Waals surface area contributed by atoms with Gasteiger partial charge in [0.25, 0.3) is 0 Å². The molecule has 0 radical (unpaired) electrons. The number of hydrogen-bond donors (Lipinski definition) is 1. The second-order valence-electron chi connectivity index (χ2n) is 7.01. The fourth-order valence-corrected chi connectivity index (χ4v) is 3.84. The molecular formula is C22H25N3O2. The molecule has 0 saturated carbocycles. The van der Waals surface area contributed by atoms with Crippen molar-refractivity contribution >= 4 is 22.4 Å². The van der Waals surface area contributed by atoms with E-state index >= 15 is 0 Å². The summed E-state index contributed by atoms with van der Waals surface area (Å²) in [7, 11) is 1.69. The number of Topliss-reactive ketones (excluding diaryl/α,β-unsaturated/α-hetero) is 1. The zero-order valence-electron chi connectivity index (χ0n) is 15.8. The number of carbonyl (C=O) groups is 1. The van der Waals surface area contributed by atoms with Gasteiger partial charge in [-0.15, -0.1) is 0 Å². The molecular weight excluding hydrogens is 338 g/mol. The minimum absolute atomic E-state index is 0.128. The average Bonchev–Trinajstić information content (AvgIpc) is 3.17. The first-order valence-electron chi connectivity index (χ1n) is 9.41. The lowest BCUT2D eigenvalue weighted by Crippen LogP contribution is -2.51. The van der Waals surface area contributed by atoms with Gasteiger partial charge in [-0.2, -0.15) is 0 Å². The van der Waals surface area contributed by atoms with Gasteiger partial charge < -0.3 is 14.6 Å². The van der Waals surface area contributed by atoms with Crippen molar-refractivity contribution in [2.45, 2.75) is 13.0 Å². The number of para-hydroxylation sites is 1. The van der Waals surface area contributed by atoms with Gasteiger partial charge in [0, 0.05) is 60.6 Å². The third-order valence-electron chi connectivity index (χ3n) is 5.51. The highest BCUT2D eigenvalue weighted by molar-refractivity contribution is 6.10. The fraction of sp³-hybridized carbons (Fsp3) is 0.318. The minimum atomic E-state index is -0.128. The number of ketones is 1. The van der Waals surface area contributed by atoms with Crippen LogP contribution in [0, 0.1) is 0 Å². The van der Waals surface area contributed by atoms with Crippen molar-refractivity contribution < 1.29 is 9.53 Å². The number of fused-ring (bicyclic) bond motifs is 1. The van der Waals surface area contributed by atoms with Crippen LogP contribution in [0.1, 0.15) is 17.3 Å². The monoisotopic (exact) mass is 363 g/mol. The number of anilines is 1. The normalized spacial score (nSPS) is 16.4. The number of benzene rings is 2. The Morgan fingerprint density at radius 1 is 1.07 bits per heavy atom. The van der Waals surface area contributed by atoms with E-state index in [1.807, 2.05) is 49.5 Å². The van der Waals surface area contributed by atoms with E-state index in [2.05, 4.69) is 26.9 Å². The molecule has 27 heavy (non-hydrogen) atoms. The topological polar surface area (TPSA) is 48.6 Å². The maximum Gasteiger partial charge on any atom is 0.181 e. The van der Waals surface area contributed by atoms with E-state index in [9.17, 15) is 4.79 Å². The summed E-state index contributed by atoms with van der Waals surface area (Å²) in [6.07, 6.45) is 1.84. The van der Waals surface area contributed by atoms with Crippen LogP contribution in [0.4, 0.5) is 5.69 Å². The molecule has 3 aromatic rings. The Hall–Kier alpha value is -2.79. The average molecular weight is 363 g/mol. The van der Waals surface area contributed by atoms with Gasteiger partial charge in [0.05, 0.1) is 13.2 Å². The first kappa shape index (κ1) is 17.6. The highest BCUT2D eigenvalue weighted by Crippen LogP contribution is 2.24. The van der Waals surface area contributed by atoms with Gasteiger partial charge in [-0.05, 0) is 25.1 Å². The quantitative estimate of drug-likeness (QED) is 0.704. The molecule has 4 rings (SSSR count). The number of methoxy groups -OCH3 is 1. The molecule has 0 unspecified atom stereocenters. The summed E-state index contributed by atoms with van der Waals surface area (Å²) in [5, 5.41) is 1.00. The number of aromatic amines is 1. The predicted octanol–water partition coefficient (Wildman–Crippen LogP) is 3.57. The SMILES string of the molecule is COc1cccc(N2CCN([C@@H](C)C(=O)c3c[nH]c4ccccc34)CC2)c1. The summed E-state index contributed by atoms with van der Waals surface area (Å²) < 4.78 is 5.33. The molecule has 1 aromatic heterocycles. The van der Waals surface area contributed by atoms with E-state index in [0.717, 1.165) is 48.4 Å². The van der Waals surface area contributed by atoms with Gasteiger partial charge >= 0.3 is 0 Å². The van der Waals surface area contributed by atoms with Crippen molar-refractivity contribution in [2.24, 2.45) is 0 Å². The van der Waals surface area contributed by atoms with Crippen LogP contribution in [0.5, 0.6) is 5.75 Å². The summed E-state index contributed by atoms with van der Waals surface area (Å²) in [6, 6.07) is 16.0. The van der Waals surface area contributed by atoms with Crippen molar-refractivity contribution in [3.05, 3.63) is 60.3 Å². The van der Waals surface area contributed by atoms with E-state index in [0.29, 0.717) is 0 Å². The van der Waals surface area contributed by atoms with Gasteiger partial charge in [0.15, 0.2) is 5.78 Å². The van der Waals surface area contributed by atoms with Crippen LogP contribution < -0.4 is 9.64 Å². The summed E-state index contributed by atoms with van der Waals surface area (Å²) in [5.41, 5.74) is 2.97. The van der Waals surface area contributed by atoms with Crippen molar-refractivity contribution in [1.29, 1.82) is 0 Å². The molecule has 0 bridgehead atoms. The van der Waals surface area contributed by atoms with E-state index in [1.54, 1.807) is 7.11 Å². The van der Waals surface area contributed by atoms with Gasteiger partial charge in [-0.3, -0.25) is 9.69 Å². The molecule has 5 nitrogen and oxygen atoms in total. The molecule has 1 N–H and O–H groups in total. The summed E-state index contributed by atoms with van der Waals surface area (Å²) in [4.78, 5) is 20.9. The minimum Gasteiger partial charge on any atom is -0.497 e. The number of hydrogen-bond acceptors (Lipinski definition) is 4. The molecule has 1 fully saturated rings. The smallest absolute Gasteiger partial charge is 0.181 e. The number of nitrogens with zero attached hydrogens (tertiary/aromatic N) is 2. The first-order chi connectivity index (χ1) is 13.2. The number of ether oxygens (including phenoxy) is 1. The molecule has 140 valence electrons. The summed E-state index contributed by atoms with van der Waals surface area (Å²) in [5.74, 6) is 1.06. The Morgan fingerprint density at radius 3 is 2.63 bits per heavy atom. The Labute approximate surface area is 159 Å². The number of piperazine rings is 1. The van der Waals surface area contributed by atoms with Crippen LogP contribution in [0.15, 0.2) is 54.7 Å². The van der Waals surface area contributed by atoms with Gasteiger partial charge in [-0.25, -0.2) is 0 Å². The lowest BCUT2D eigenvalue weighted by molar-refractivity contribution is 0.0831. The number of carbonyl (C=O) groups excluding carboxylic acids is 1. The second-order valence-corrected chi connectivity index (χ2v) is 7.01. The Kier molecular flexibility index (Phi) is 4.86. The van der Waals surface area contributed by atoms with E-state index in [-0.39, 0.29) is 11.8 Å². The zero-order chi connectivity index (χ0) is 18.8. The van der Waals surface area contributed by atoms with Crippen LogP contribution >= 0.6 is 0 Å². The van der Waals surface area contributed by atoms with Crippen molar-refractivity contribution in [3.63, 3.8) is 0 Å². The van der Waals surface area contributed by atoms with Crippen molar-refractivity contribution in [2.75, 3.05) is 38.2 Å². The van der Waals surface area contributed by atoms with Crippen LogP contribution in [0.2, 0.25) is 0 Å². The Morgan fingerprint density at radius 2 is 1.85 bits per heavy atom. The Balaban J connectivity index is 1.43. The number of H-pyrrole nitrogens is 1. The van der Waals surface area contributed by atoms with Crippen LogP contribution in [-0.4, -0.2) is 55.0 Å². The molecule has 1 aliphatic heterocycles. The molecule has 2 aromatic carbocycles. The second kappa shape index (κ2) is 7.45.